The SMILES string of the molecule is C=C/C(=C\C=C\c1ccc(-c2cc3ccccc3c3ccccc23)cc1)C1=CCC(c2cc(-c3cnc4ccccc4c3)cc(-c3nc(-c4ccccc4)nc(-c4ccccc4)n3)c2)C=C1. The Kier molecular flexibility index (Phi) is 10.9. The number of fused-ring (bicyclic) bond motifs is 4. The van der Waals surface area contributed by atoms with Gasteiger partial charge in [0.1, 0.15) is 0 Å². The van der Waals surface area contributed by atoms with E-state index in [1.807, 2.05) is 85.1 Å². The van der Waals surface area contributed by atoms with E-state index in [1.54, 1.807) is 0 Å². The maximum atomic E-state index is 5.11. The van der Waals surface area contributed by atoms with Gasteiger partial charge >= 0.3 is 0 Å². The van der Waals surface area contributed by atoms with Gasteiger partial charge in [0.2, 0.25) is 0 Å². The third-order valence-electron chi connectivity index (χ3n) is 12.5. The third kappa shape index (κ3) is 8.20. The Hall–Kier alpha value is -8.60. The Morgan fingerprint density at radius 1 is 0.515 bits per heavy atom. The quantitative estimate of drug-likeness (QED) is 0.102. The molecular formula is C62H44N4. The van der Waals surface area contributed by atoms with Gasteiger partial charge in [-0.2, -0.15) is 0 Å². The molecule has 0 radical (unpaired) electrons. The highest BCUT2D eigenvalue weighted by atomic mass is 15.0. The highest BCUT2D eigenvalue weighted by molar-refractivity contribution is 6.13. The second-order valence-electron chi connectivity index (χ2n) is 16.7. The zero-order valence-electron chi connectivity index (χ0n) is 36.3. The molecule has 4 heteroatoms. The summed E-state index contributed by atoms with van der Waals surface area (Å²) in [5, 5.41) is 6.17. The van der Waals surface area contributed by atoms with Crippen molar-refractivity contribution in [1.29, 1.82) is 0 Å². The van der Waals surface area contributed by atoms with Gasteiger partial charge in [0, 0.05) is 39.8 Å². The Bertz CT molecular complexity index is 3510. The minimum absolute atomic E-state index is 0.129. The van der Waals surface area contributed by atoms with Crippen LogP contribution in [0.25, 0.3) is 94.9 Å². The zero-order chi connectivity index (χ0) is 44.2. The maximum Gasteiger partial charge on any atom is 0.164 e. The molecule has 8 aromatic carbocycles. The molecule has 66 heavy (non-hydrogen) atoms. The van der Waals surface area contributed by atoms with Crippen LogP contribution in [0.3, 0.4) is 0 Å². The molecule has 2 aromatic heterocycles. The van der Waals surface area contributed by atoms with Gasteiger partial charge in [0.15, 0.2) is 17.5 Å². The molecule has 11 rings (SSSR count). The Morgan fingerprint density at radius 3 is 1.83 bits per heavy atom. The first-order valence-corrected chi connectivity index (χ1v) is 22.4. The number of benzene rings is 8. The summed E-state index contributed by atoms with van der Waals surface area (Å²) in [6.07, 6.45) is 18.0. The molecule has 1 unspecified atom stereocenters. The molecule has 4 nitrogen and oxygen atoms in total. The fourth-order valence-corrected chi connectivity index (χ4v) is 9.02. The number of pyridine rings is 1. The highest BCUT2D eigenvalue weighted by Crippen LogP contribution is 2.38. The Balaban J connectivity index is 0.891. The van der Waals surface area contributed by atoms with Crippen molar-refractivity contribution in [2.45, 2.75) is 12.3 Å². The van der Waals surface area contributed by atoms with Crippen LogP contribution >= 0.6 is 0 Å². The monoisotopic (exact) mass is 844 g/mol. The summed E-state index contributed by atoms with van der Waals surface area (Å²) in [6.45, 7) is 4.20. The van der Waals surface area contributed by atoms with Crippen molar-refractivity contribution in [3.63, 3.8) is 0 Å². The van der Waals surface area contributed by atoms with Crippen LogP contribution in [-0.4, -0.2) is 19.9 Å². The summed E-state index contributed by atoms with van der Waals surface area (Å²) in [4.78, 5) is 20.0. The van der Waals surface area contributed by atoms with E-state index in [2.05, 4.69) is 158 Å². The van der Waals surface area contributed by atoms with Gasteiger partial charge in [0.25, 0.3) is 0 Å². The fraction of sp³-hybridized carbons (Fsp3) is 0.0323. The summed E-state index contributed by atoms with van der Waals surface area (Å²) in [5.41, 5.74) is 12.8. The van der Waals surface area contributed by atoms with E-state index in [1.165, 1.54) is 38.2 Å². The molecule has 0 spiro atoms. The van der Waals surface area contributed by atoms with Gasteiger partial charge in [-0.3, -0.25) is 4.98 Å². The van der Waals surface area contributed by atoms with Gasteiger partial charge in [-0.15, -0.1) is 0 Å². The van der Waals surface area contributed by atoms with Gasteiger partial charge in [-0.25, -0.2) is 15.0 Å². The van der Waals surface area contributed by atoms with E-state index >= 15 is 0 Å². The molecular weight excluding hydrogens is 801 g/mol. The van der Waals surface area contributed by atoms with Crippen molar-refractivity contribution in [3.05, 3.63) is 260 Å². The lowest BCUT2D eigenvalue weighted by molar-refractivity contribution is 0.847. The topological polar surface area (TPSA) is 51.6 Å². The van der Waals surface area contributed by atoms with Crippen LogP contribution in [0.2, 0.25) is 0 Å². The summed E-state index contributed by atoms with van der Waals surface area (Å²) in [7, 11) is 0. The number of nitrogens with zero attached hydrogens (tertiary/aromatic N) is 4. The van der Waals surface area contributed by atoms with Crippen molar-refractivity contribution in [3.8, 4) is 56.4 Å². The largest absolute Gasteiger partial charge is 0.256 e. The van der Waals surface area contributed by atoms with Crippen LogP contribution in [-0.2, 0) is 0 Å². The molecule has 0 aliphatic heterocycles. The number of allylic oxidation sites excluding steroid dienone is 8. The first-order chi connectivity index (χ1) is 32.6. The van der Waals surface area contributed by atoms with Crippen LogP contribution in [0.4, 0.5) is 0 Å². The second-order valence-corrected chi connectivity index (χ2v) is 16.7. The molecule has 10 aromatic rings. The first-order valence-electron chi connectivity index (χ1n) is 22.4. The van der Waals surface area contributed by atoms with Crippen LogP contribution in [0.15, 0.2) is 248 Å². The number of para-hydroxylation sites is 1. The maximum absolute atomic E-state index is 5.11. The third-order valence-corrected chi connectivity index (χ3v) is 12.5. The van der Waals surface area contributed by atoms with Gasteiger partial charge in [-0.1, -0.05) is 207 Å². The average Bonchev–Trinajstić information content (AvgIpc) is 3.40. The average molecular weight is 845 g/mol. The molecule has 0 saturated heterocycles. The molecule has 0 saturated carbocycles. The lowest BCUT2D eigenvalue weighted by Gasteiger charge is -2.19. The van der Waals surface area contributed by atoms with E-state index in [0.717, 1.165) is 61.9 Å². The number of aromatic nitrogens is 4. The van der Waals surface area contributed by atoms with E-state index in [9.17, 15) is 0 Å². The molecule has 0 N–H and O–H groups in total. The molecule has 1 atom stereocenters. The molecule has 312 valence electrons. The predicted octanol–water partition coefficient (Wildman–Crippen LogP) is 15.9. The highest BCUT2D eigenvalue weighted by Gasteiger charge is 2.19. The van der Waals surface area contributed by atoms with Crippen molar-refractivity contribution in [2.24, 2.45) is 0 Å². The summed E-state index contributed by atoms with van der Waals surface area (Å²) < 4.78 is 0. The fourth-order valence-electron chi connectivity index (χ4n) is 9.02. The summed E-state index contributed by atoms with van der Waals surface area (Å²) >= 11 is 0. The van der Waals surface area contributed by atoms with Gasteiger partial charge in [0.05, 0.1) is 5.52 Å². The number of rotatable bonds is 10. The smallest absolute Gasteiger partial charge is 0.164 e. The molecule has 0 amide bonds. The molecule has 1 aliphatic carbocycles. The summed E-state index contributed by atoms with van der Waals surface area (Å²) in [5.74, 6) is 2.02. The van der Waals surface area contributed by atoms with Crippen molar-refractivity contribution < 1.29 is 0 Å². The van der Waals surface area contributed by atoms with E-state index in [-0.39, 0.29) is 5.92 Å². The standard InChI is InChI=1S/C62H44N4/c1-2-43(23-15-16-42-28-30-46(31-29-42)58-40-49-21-9-11-24-55(49)56-25-12-13-26-57(56)58)44-32-34-45(35-33-44)51-37-52(54-36-50-22-10-14-27-59(50)63-41-54)39-53(38-51)62-65-60(47-17-5-3-6-18-47)64-61(66-62)48-19-7-4-8-20-48/h2-34,36-41,45H,1,35H2/b16-15+,43-23+. The van der Waals surface area contributed by atoms with Crippen molar-refractivity contribution >= 4 is 38.5 Å². The lowest BCUT2D eigenvalue weighted by Crippen LogP contribution is -2.03. The van der Waals surface area contributed by atoms with E-state index < -0.39 is 0 Å². The Morgan fingerprint density at radius 2 is 1.14 bits per heavy atom. The molecule has 1 aliphatic rings. The minimum Gasteiger partial charge on any atom is -0.256 e. The second kappa shape index (κ2) is 17.9. The van der Waals surface area contributed by atoms with Gasteiger partial charge < -0.3 is 0 Å². The van der Waals surface area contributed by atoms with Crippen LogP contribution in [0.5, 0.6) is 0 Å². The van der Waals surface area contributed by atoms with E-state index in [4.69, 9.17) is 19.9 Å². The van der Waals surface area contributed by atoms with Crippen LogP contribution in [0.1, 0.15) is 23.5 Å². The number of hydrogen-bond acceptors (Lipinski definition) is 4. The number of hydrogen-bond donors (Lipinski definition) is 0. The van der Waals surface area contributed by atoms with Crippen LogP contribution < -0.4 is 0 Å². The normalized spacial score (nSPS) is 14.0. The van der Waals surface area contributed by atoms with Gasteiger partial charge in [-0.05, 0) is 97.3 Å². The molecule has 0 fully saturated rings. The van der Waals surface area contributed by atoms with Crippen molar-refractivity contribution in [1.82, 2.24) is 19.9 Å². The summed E-state index contributed by atoms with van der Waals surface area (Å²) in [6, 6.07) is 65.9. The Labute approximate surface area is 385 Å². The first kappa shape index (κ1) is 40.2. The minimum atomic E-state index is 0.129. The predicted molar refractivity (Wildman–Crippen MR) is 276 cm³/mol. The lowest BCUT2D eigenvalue weighted by atomic mass is 9.85. The zero-order valence-corrected chi connectivity index (χ0v) is 36.3. The molecule has 0 bridgehead atoms. The van der Waals surface area contributed by atoms with Crippen LogP contribution in [0, 0.1) is 0 Å². The van der Waals surface area contributed by atoms with E-state index in [0.29, 0.717) is 17.5 Å². The van der Waals surface area contributed by atoms with Crippen molar-refractivity contribution in [2.75, 3.05) is 0 Å². The molecule has 2 heterocycles.